The van der Waals surface area contributed by atoms with Gasteiger partial charge in [-0.25, -0.2) is 19.9 Å². The van der Waals surface area contributed by atoms with Crippen molar-refractivity contribution >= 4 is 0 Å². The van der Waals surface area contributed by atoms with Gasteiger partial charge in [0, 0.05) is 72.7 Å². The smallest absolute Gasteiger partial charge is 0.159 e. The summed E-state index contributed by atoms with van der Waals surface area (Å²) >= 11 is 0. The van der Waals surface area contributed by atoms with Crippen LogP contribution < -0.4 is 4.74 Å². The fourth-order valence-corrected chi connectivity index (χ4v) is 8.37. The summed E-state index contributed by atoms with van der Waals surface area (Å²) in [5.41, 5.74) is 6.28. The number of hydrogen-bond acceptors (Lipinski definition) is 7. The van der Waals surface area contributed by atoms with Gasteiger partial charge in [0.1, 0.15) is 34.5 Å². The summed E-state index contributed by atoms with van der Waals surface area (Å²) in [6.07, 6.45) is 36.7. The Kier molecular flexibility index (Phi) is 20.0. The maximum atomic E-state index is 6.90. The second-order valence-corrected chi connectivity index (χ2v) is 17.5. The molecule has 0 aliphatic heterocycles. The molecular formula is C56H74N4O3. The summed E-state index contributed by atoms with van der Waals surface area (Å²) < 4.78 is 19.3. The first-order valence-electron chi connectivity index (χ1n) is 24.8. The van der Waals surface area contributed by atoms with Crippen molar-refractivity contribution in [3.05, 3.63) is 131 Å². The zero-order valence-electron chi connectivity index (χ0n) is 39.1. The number of benzene rings is 2. The Labute approximate surface area is 379 Å². The molecule has 0 atom stereocenters. The lowest BCUT2D eigenvalue weighted by Gasteiger charge is -2.16. The Morgan fingerprint density at radius 3 is 1.10 bits per heavy atom. The van der Waals surface area contributed by atoms with Crippen molar-refractivity contribution in [3.63, 3.8) is 0 Å². The molecule has 0 fully saturated rings. The monoisotopic (exact) mass is 851 g/mol. The average molecular weight is 851 g/mol. The Bertz CT molecular complexity index is 2030. The standard InChI is InChI=1S/C56H74N4O3/c1-5-9-11-13-15-17-19-21-23-25-43-39-57-55(58-40-43)45-27-33-53(47(35-45)37-51-31-29-49(7-3)61-51)63-54-34-28-46(36-48(54)38-52-32-30-50(8-4)62-52)56-59-41-44(42-60-56)26-24-22-20-18-16-14-12-10-6-2/h27-36,39-42H,5-26,37-38H2,1-4H3. The molecular weight excluding hydrogens is 777 g/mol. The van der Waals surface area contributed by atoms with Crippen LogP contribution in [0.3, 0.4) is 0 Å². The topological polar surface area (TPSA) is 87.1 Å². The quantitative estimate of drug-likeness (QED) is 0.0417. The molecule has 0 N–H and O–H groups in total. The summed E-state index contributed by atoms with van der Waals surface area (Å²) in [6.45, 7) is 8.78. The van der Waals surface area contributed by atoms with Gasteiger partial charge in [0.15, 0.2) is 11.6 Å². The Balaban J connectivity index is 1.16. The van der Waals surface area contributed by atoms with Crippen molar-refractivity contribution in [2.45, 2.75) is 182 Å². The molecule has 0 amide bonds. The second-order valence-electron chi connectivity index (χ2n) is 17.5. The van der Waals surface area contributed by atoms with Crippen molar-refractivity contribution < 1.29 is 13.6 Å². The normalized spacial score (nSPS) is 11.4. The van der Waals surface area contributed by atoms with Gasteiger partial charge < -0.3 is 13.6 Å². The van der Waals surface area contributed by atoms with Crippen LogP contribution in [0.2, 0.25) is 0 Å². The first kappa shape index (κ1) is 47.4. The van der Waals surface area contributed by atoms with Gasteiger partial charge in [-0.1, -0.05) is 130 Å². The number of aryl methyl sites for hydroxylation is 4. The van der Waals surface area contributed by atoms with Gasteiger partial charge in [-0.3, -0.25) is 0 Å². The largest absolute Gasteiger partial charge is 0.466 e. The van der Waals surface area contributed by atoms with Crippen molar-refractivity contribution in [3.8, 4) is 34.3 Å². The minimum atomic E-state index is 0.574. The average Bonchev–Trinajstić information content (AvgIpc) is 3.98. The highest BCUT2D eigenvalue weighted by molar-refractivity contribution is 5.62. The maximum absolute atomic E-state index is 6.90. The van der Waals surface area contributed by atoms with Crippen LogP contribution in [-0.4, -0.2) is 19.9 Å². The fourth-order valence-electron chi connectivity index (χ4n) is 8.37. The molecule has 4 aromatic heterocycles. The zero-order valence-corrected chi connectivity index (χ0v) is 39.1. The van der Waals surface area contributed by atoms with Gasteiger partial charge in [0.2, 0.25) is 0 Å². The van der Waals surface area contributed by atoms with Gasteiger partial charge in [-0.2, -0.15) is 0 Å². The number of aromatic nitrogens is 4. The van der Waals surface area contributed by atoms with Gasteiger partial charge in [0.05, 0.1) is 0 Å². The third-order valence-corrected chi connectivity index (χ3v) is 12.3. The number of rotatable bonds is 30. The summed E-state index contributed by atoms with van der Waals surface area (Å²) in [4.78, 5) is 19.3. The lowest BCUT2D eigenvalue weighted by molar-refractivity contribution is 0.452. The highest BCUT2D eigenvalue weighted by atomic mass is 16.5. The first-order valence-corrected chi connectivity index (χ1v) is 24.8. The van der Waals surface area contributed by atoms with Gasteiger partial charge in [-0.05, 0) is 97.5 Å². The van der Waals surface area contributed by atoms with E-state index < -0.39 is 0 Å². The minimum Gasteiger partial charge on any atom is -0.466 e. The van der Waals surface area contributed by atoms with Crippen molar-refractivity contribution in [2.24, 2.45) is 0 Å². The Morgan fingerprint density at radius 2 is 0.746 bits per heavy atom. The summed E-state index contributed by atoms with van der Waals surface area (Å²) in [6, 6.07) is 20.8. The molecule has 336 valence electrons. The molecule has 0 saturated carbocycles. The molecule has 0 radical (unpaired) electrons. The number of unbranched alkanes of at least 4 members (excludes halogenated alkanes) is 16. The van der Waals surface area contributed by atoms with E-state index in [1.165, 1.54) is 127 Å². The number of nitrogens with zero attached hydrogens (tertiary/aromatic N) is 4. The van der Waals surface area contributed by atoms with Crippen molar-refractivity contribution in [1.82, 2.24) is 19.9 Å². The lowest BCUT2D eigenvalue weighted by atomic mass is 10.0. The van der Waals surface area contributed by atoms with E-state index in [1.54, 1.807) is 0 Å². The van der Waals surface area contributed by atoms with E-state index in [0.29, 0.717) is 24.5 Å². The van der Waals surface area contributed by atoms with Crippen LogP contribution in [0.15, 0.2) is 94.3 Å². The van der Waals surface area contributed by atoms with Crippen LogP contribution in [0.1, 0.15) is 189 Å². The summed E-state index contributed by atoms with van der Waals surface area (Å²) in [5, 5.41) is 0. The van der Waals surface area contributed by atoms with Crippen molar-refractivity contribution in [2.75, 3.05) is 0 Å². The molecule has 7 heteroatoms. The van der Waals surface area contributed by atoms with E-state index in [-0.39, 0.29) is 0 Å². The lowest BCUT2D eigenvalue weighted by Crippen LogP contribution is -2.00. The van der Waals surface area contributed by atoms with Gasteiger partial charge in [0.25, 0.3) is 0 Å². The zero-order chi connectivity index (χ0) is 43.9. The summed E-state index contributed by atoms with van der Waals surface area (Å²) in [5.74, 6) is 6.66. The molecule has 6 rings (SSSR count). The molecule has 6 aromatic rings. The van der Waals surface area contributed by atoms with E-state index in [1.807, 2.05) is 36.9 Å². The number of ether oxygens (including phenoxy) is 1. The van der Waals surface area contributed by atoms with E-state index in [9.17, 15) is 0 Å². The van der Waals surface area contributed by atoms with Crippen LogP contribution in [0.25, 0.3) is 22.8 Å². The first-order chi connectivity index (χ1) is 31.0. The molecule has 0 bridgehead atoms. The molecule has 0 unspecified atom stereocenters. The predicted molar refractivity (Wildman–Crippen MR) is 259 cm³/mol. The highest BCUT2D eigenvalue weighted by Crippen LogP contribution is 2.35. The van der Waals surface area contributed by atoms with E-state index in [4.69, 9.17) is 33.5 Å². The van der Waals surface area contributed by atoms with Gasteiger partial charge >= 0.3 is 0 Å². The molecule has 0 spiro atoms. The molecule has 0 aliphatic rings. The fraction of sp³-hybridized carbons (Fsp3) is 0.500. The van der Waals surface area contributed by atoms with Crippen LogP contribution >= 0.6 is 0 Å². The third kappa shape index (κ3) is 15.6. The Hall–Kier alpha value is -5.04. The van der Waals surface area contributed by atoms with E-state index in [0.717, 1.165) is 82.5 Å². The predicted octanol–water partition coefficient (Wildman–Crippen LogP) is 16.0. The third-order valence-electron chi connectivity index (χ3n) is 12.3. The minimum absolute atomic E-state index is 0.574. The van der Waals surface area contributed by atoms with Crippen LogP contribution in [-0.2, 0) is 38.5 Å². The van der Waals surface area contributed by atoms with Gasteiger partial charge in [-0.15, -0.1) is 0 Å². The van der Waals surface area contributed by atoms with E-state index in [2.05, 4.69) is 76.2 Å². The SMILES string of the molecule is CCCCCCCCCCCc1cnc(-c2ccc(Oc3ccc(-c4ncc(CCCCCCCCCCC)cn4)cc3Cc3ccc(CC)o3)c(Cc3ccc(CC)o3)c2)nc1. The maximum Gasteiger partial charge on any atom is 0.159 e. The van der Waals surface area contributed by atoms with E-state index >= 15 is 0 Å². The number of hydrogen-bond donors (Lipinski definition) is 0. The molecule has 2 aromatic carbocycles. The van der Waals surface area contributed by atoms with Crippen LogP contribution in [0.4, 0.5) is 0 Å². The van der Waals surface area contributed by atoms with Crippen molar-refractivity contribution in [1.29, 1.82) is 0 Å². The molecule has 4 heterocycles. The summed E-state index contributed by atoms with van der Waals surface area (Å²) in [7, 11) is 0. The highest BCUT2D eigenvalue weighted by Gasteiger charge is 2.17. The Morgan fingerprint density at radius 1 is 0.397 bits per heavy atom. The van der Waals surface area contributed by atoms with Crippen LogP contribution in [0, 0.1) is 0 Å². The number of furan rings is 2. The van der Waals surface area contributed by atoms with Crippen LogP contribution in [0.5, 0.6) is 11.5 Å². The second kappa shape index (κ2) is 26.6. The molecule has 63 heavy (non-hydrogen) atoms. The molecule has 0 aliphatic carbocycles. The molecule has 0 saturated heterocycles. The molecule has 7 nitrogen and oxygen atoms in total.